The Bertz CT molecular complexity index is 741. The lowest BCUT2D eigenvalue weighted by atomic mass is 10.1. The highest BCUT2D eigenvalue weighted by atomic mass is 35.5. The van der Waals surface area contributed by atoms with Crippen molar-refractivity contribution in [3.63, 3.8) is 0 Å². The van der Waals surface area contributed by atoms with Gasteiger partial charge in [0, 0.05) is 6.54 Å². The van der Waals surface area contributed by atoms with E-state index in [4.69, 9.17) is 20.8 Å². The maximum absolute atomic E-state index is 12.2. The van der Waals surface area contributed by atoms with Gasteiger partial charge in [0.05, 0.1) is 23.3 Å². The number of hydrogen-bond donors (Lipinski definition) is 2. The molecule has 0 aliphatic rings. The van der Waals surface area contributed by atoms with Crippen LogP contribution in [0, 0.1) is 0 Å². The van der Waals surface area contributed by atoms with E-state index in [1.807, 2.05) is 0 Å². The average molecular weight is 346 g/mol. The summed E-state index contributed by atoms with van der Waals surface area (Å²) >= 11 is 5.93. The summed E-state index contributed by atoms with van der Waals surface area (Å²) in [5, 5.41) is 10.4. The zero-order chi connectivity index (χ0) is 16.4. The number of aliphatic hydroxyl groups is 1. The minimum Gasteiger partial charge on any atom is -0.495 e. The molecule has 1 aromatic carbocycles. The Labute approximate surface area is 133 Å². The van der Waals surface area contributed by atoms with Crippen LogP contribution in [0.4, 0.5) is 0 Å². The zero-order valence-corrected chi connectivity index (χ0v) is 13.6. The number of ether oxygens (including phenoxy) is 1. The van der Waals surface area contributed by atoms with E-state index in [1.54, 1.807) is 12.1 Å². The first-order valence-electron chi connectivity index (χ1n) is 6.36. The smallest absolute Gasteiger partial charge is 0.240 e. The van der Waals surface area contributed by atoms with Gasteiger partial charge in [0.25, 0.3) is 0 Å². The summed E-state index contributed by atoms with van der Waals surface area (Å²) in [6.45, 7) is 1.21. The van der Waals surface area contributed by atoms with Gasteiger partial charge in [-0.2, -0.15) is 0 Å². The molecule has 0 bridgehead atoms. The van der Waals surface area contributed by atoms with E-state index < -0.39 is 15.6 Å². The van der Waals surface area contributed by atoms with Crippen LogP contribution in [0.1, 0.15) is 12.7 Å². The molecule has 0 unspecified atom stereocenters. The number of halogens is 1. The molecule has 120 valence electrons. The minimum absolute atomic E-state index is 0.0199. The molecule has 1 heterocycles. The summed E-state index contributed by atoms with van der Waals surface area (Å²) in [6.07, 6.45) is 1.40. The second-order valence-corrected chi connectivity index (χ2v) is 7.05. The quantitative estimate of drug-likeness (QED) is 0.837. The third-order valence-corrected chi connectivity index (χ3v) is 4.79. The molecule has 1 atom stereocenters. The van der Waals surface area contributed by atoms with Gasteiger partial charge in [-0.25, -0.2) is 13.1 Å². The summed E-state index contributed by atoms with van der Waals surface area (Å²) in [6, 6.07) is 7.29. The first kappa shape index (κ1) is 16.8. The van der Waals surface area contributed by atoms with Crippen molar-refractivity contribution >= 4 is 21.6 Å². The lowest BCUT2D eigenvalue weighted by Crippen LogP contribution is -2.38. The lowest BCUT2D eigenvalue weighted by Gasteiger charge is -2.21. The maximum Gasteiger partial charge on any atom is 0.240 e. The van der Waals surface area contributed by atoms with Gasteiger partial charge in [-0.05, 0) is 37.3 Å². The van der Waals surface area contributed by atoms with Gasteiger partial charge in [-0.15, -0.1) is 0 Å². The van der Waals surface area contributed by atoms with Crippen LogP contribution in [0.15, 0.2) is 45.9 Å². The Hall–Kier alpha value is -1.54. The van der Waals surface area contributed by atoms with Crippen molar-refractivity contribution in [2.24, 2.45) is 0 Å². The number of sulfonamides is 1. The molecule has 1 aromatic heterocycles. The van der Waals surface area contributed by atoms with Gasteiger partial charge >= 0.3 is 0 Å². The molecular weight excluding hydrogens is 330 g/mol. The third kappa shape index (κ3) is 3.61. The van der Waals surface area contributed by atoms with Crippen molar-refractivity contribution in [3.05, 3.63) is 47.4 Å². The van der Waals surface area contributed by atoms with Gasteiger partial charge in [0.2, 0.25) is 10.0 Å². The van der Waals surface area contributed by atoms with E-state index in [0.29, 0.717) is 5.75 Å². The van der Waals surface area contributed by atoms with E-state index in [9.17, 15) is 13.5 Å². The molecule has 0 saturated heterocycles. The molecule has 0 saturated carbocycles. The van der Waals surface area contributed by atoms with Crippen molar-refractivity contribution in [3.8, 4) is 5.75 Å². The Morgan fingerprint density at radius 2 is 2.14 bits per heavy atom. The summed E-state index contributed by atoms with van der Waals surface area (Å²) in [4.78, 5) is -0.0199. The van der Waals surface area contributed by atoms with Crippen molar-refractivity contribution in [2.45, 2.75) is 17.4 Å². The number of furan rings is 1. The number of benzene rings is 1. The van der Waals surface area contributed by atoms with E-state index in [-0.39, 0.29) is 22.2 Å². The van der Waals surface area contributed by atoms with E-state index >= 15 is 0 Å². The second-order valence-electron chi connectivity index (χ2n) is 4.87. The average Bonchev–Trinajstić information content (AvgIpc) is 3.00. The fraction of sp³-hybridized carbons (Fsp3) is 0.286. The molecule has 2 rings (SSSR count). The molecule has 22 heavy (non-hydrogen) atoms. The van der Waals surface area contributed by atoms with E-state index in [1.165, 1.54) is 38.5 Å². The highest BCUT2D eigenvalue weighted by molar-refractivity contribution is 7.89. The summed E-state index contributed by atoms with van der Waals surface area (Å²) < 4.78 is 36.9. The van der Waals surface area contributed by atoms with Crippen LogP contribution in [0.5, 0.6) is 5.75 Å². The Balaban J connectivity index is 2.16. The molecule has 2 aromatic rings. The lowest BCUT2D eigenvalue weighted by molar-refractivity contribution is 0.0395. The van der Waals surface area contributed by atoms with Crippen molar-refractivity contribution in [2.75, 3.05) is 13.7 Å². The van der Waals surface area contributed by atoms with Gasteiger partial charge in [0.15, 0.2) is 0 Å². The molecule has 0 spiro atoms. The predicted octanol–water partition coefficient (Wildman–Crippen LogP) is 2.13. The first-order valence-corrected chi connectivity index (χ1v) is 8.22. The van der Waals surface area contributed by atoms with Crippen LogP contribution in [-0.2, 0) is 15.6 Å². The monoisotopic (exact) mass is 345 g/mol. The van der Waals surface area contributed by atoms with Gasteiger partial charge in [0.1, 0.15) is 17.1 Å². The molecule has 0 radical (unpaired) electrons. The Kier molecular flexibility index (Phi) is 4.81. The number of rotatable bonds is 6. The van der Waals surface area contributed by atoms with Crippen LogP contribution in [0.25, 0.3) is 0 Å². The summed E-state index contributed by atoms with van der Waals surface area (Å²) in [5.41, 5.74) is -1.47. The molecule has 0 aliphatic heterocycles. The van der Waals surface area contributed by atoms with Crippen LogP contribution < -0.4 is 9.46 Å². The molecular formula is C14H16ClNO5S. The molecule has 8 heteroatoms. The fourth-order valence-electron chi connectivity index (χ4n) is 1.81. The Morgan fingerprint density at radius 3 is 2.68 bits per heavy atom. The van der Waals surface area contributed by atoms with Crippen molar-refractivity contribution in [1.82, 2.24) is 4.72 Å². The molecule has 0 aliphatic carbocycles. The SMILES string of the molecule is COc1ccc(S(=O)(=O)NC[C@@](C)(O)c2ccco2)cc1Cl. The number of nitrogens with one attached hydrogen (secondary N) is 1. The normalized spacial score (nSPS) is 14.5. The molecule has 0 amide bonds. The zero-order valence-electron chi connectivity index (χ0n) is 12.0. The van der Waals surface area contributed by atoms with Crippen LogP contribution >= 0.6 is 11.6 Å². The first-order chi connectivity index (χ1) is 10.3. The van der Waals surface area contributed by atoms with E-state index in [2.05, 4.69) is 4.72 Å². The van der Waals surface area contributed by atoms with Crippen LogP contribution in [0.2, 0.25) is 5.02 Å². The molecule has 2 N–H and O–H groups in total. The summed E-state index contributed by atoms with van der Waals surface area (Å²) in [7, 11) is -2.39. The van der Waals surface area contributed by atoms with Gasteiger partial charge in [-0.3, -0.25) is 0 Å². The van der Waals surface area contributed by atoms with Gasteiger partial charge in [-0.1, -0.05) is 11.6 Å². The highest BCUT2D eigenvalue weighted by Gasteiger charge is 2.29. The van der Waals surface area contributed by atoms with Crippen LogP contribution in [-0.4, -0.2) is 27.2 Å². The fourth-order valence-corrected chi connectivity index (χ4v) is 3.29. The van der Waals surface area contributed by atoms with Gasteiger partial charge < -0.3 is 14.3 Å². The van der Waals surface area contributed by atoms with Crippen LogP contribution in [0.3, 0.4) is 0 Å². The van der Waals surface area contributed by atoms with E-state index in [0.717, 1.165) is 0 Å². The van der Waals surface area contributed by atoms with Crippen molar-refractivity contribution in [1.29, 1.82) is 0 Å². The second kappa shape index (κ2) is 6.29. The third-order valence-electron chi connectivity index (χ3n) is 3.09. The molecule has 6 nitrogen and oxygen atoms in total. The topological polar surface area (TPSA) is 88.8 Å². The number of hydrogen-bond acceptors (Lipinski definition) is 5. The summed E-state index contributed by atoms with van der Waals surface area (Å²) in [5.74, 6) is 0.645. The highest BCUT2D eigenvalue weighted by Crippen LogP contribution is 2.27. The largest absolute Gasteiger partial charge is 0.495 e. The Morgan fingerprint density at radius 1 is 1.41 bits per heavy atom. The standard InChI is InChI=1S/C14H16ClNO5S/c1-14(17,13-4-3-7-21-13)9-16-22(18,19)10-5-6-12(20-2)11(15)8-10/h3-8,16-17H,9H2,1-2H3/t14-/m1/s1. The predicted molar refractivity (Wildman–Crippen MR) is 81.5 cm³/mol. The molecule has 0 fully saturated rings. The minimum atomic E-state index is -3.82. The maximum atomic E-state index is 12.2. The number of methoxy groups -OCH3 is 1. The van der Waals surface area contributed by atoms with Crippen molar-refractivity contribution < 1.29 is 22.7 Å².